The van der Waals surface area contributed by atoms with Crippen molar-refractivity contribution in [2.75, 3.05) is 5.01 Å². The molecule has 38 heavy (non-hydrogen) atoms. The number of halogens is 3. The molecule has 2 aliphatic heterocycles. The largest absolute Gasteiger partial charge is 0.292 e. The highest BCUT2D eigenvalue weighted by atomic mass is 35.5. The lowest BCUT2D eigenvalue weighted by Gasteiger charge is -2.37. The molecule has 1 spiro atoms. The molecule has 1 atom stereocenters. The van der Waals surface area contributed by atoms with Gasteiger partial charge >= 0.3 is 0 Å². The van der Waals surface area contributed by atoms with Gasteiger partial charge in [0.1, 0.15) is 0 Å². The average Bonchev–Trinajstić information content (AvgIpc) is 3.44. The Kier molecular flexibility index (Phi) is 6.56. The molecule has 8 heteroatoms. The number of thioether (sulfide) groups is 2. The van der Waals surface area contributed by atoms with E-state index in [1.54, 1.807) is 18.7 Å². The van der Waals surface area contributed by atoms with Crippen molar-refractivity contribution in [1.82, 2.24) is 0 Å². The Labute approximate surface area is 245 Å². The van der Waals surface area contributed by atoms with E-state index in [4.69, 9.17) is 39.9 Å². The number of hydrogen-bond donors (Lipinski definition) is 0. The van der Waals surface area contributed by atoms with Crippen molar-refractivity contribution in [1.29, 1.82) is 0 Å². The summed E-state index contributed by atoms with van der Waals surface area (Å²) in [5.41, 5.74) is 6.07. The number of rotatable bonds is 4. The Morgan fingerprint density at radius 1 is 0.789 bits per heavy atom. The quantitative estimate of drug-likeness (QED) is 0.235. The molecule has 0 fully saturated rings. The van der Waals surface area contributed by atoms with E-state index in [0.717, 1.165) is 33.5 Å². The second-order valence-corrected chi connectivity index (χ2v) is 13.3. The van der Waals surface area contributed by atoms with Crippen molar-refractivity contribution in [3.8, 4) is 0 Å². The van der Waals surface area contributed by atoms with Crippen LogP contribution in [0.15, 0.2) is 96.1 Å². The lowest BCUT2D eigenvalue weighted by Crippen LogP contribution is -2.34. The second kappa shape index (κ2) is 9.65. The van der Waals surface area contributed by atoms with Crippen LogP contribution in [0.5, 0.6) is 0 Å². The Morgan fingerprint density at radius 3 is 1.95 bits per heavy atom. The maximum Gasteiger partial charge on any atom is 0.187 e. The lowest BCUT2D eigenvalue weighted by atomic mass is 9.82. The summed E-state index contributed by atoms with van der Waals surface area (Å²) in [4.78, 5) is 12.8. The molecule has 0 amide bonds. The van der Waals surface area contributed by atoms with Gasteiger partial charge in [-0.25, -0.2) is 5.01 Å². The molecule has 0 saturated heterocycles. The van der Waals surface area contributed by atoms with Gasteiger partial charge in [-0.05, 0) is 65.6 Å². The van der Waals surface area contributed by atoms with Gasteiger partial charge in [0, 0.05) is 27.6 Å². The predicted octanol–water partition coefficient (Wildman–Crippen LogP) is 9.26. The summed E-state index contributed by atoms with van der Waals surface area (Å²) in [6.07, 6.45) is 0. The fourth-order valence-electron chi connectivity index (χ4n) is 5.11. The number of hydrazone groups is 1. The SMILES string of the molecule is CC(=O)C1=NN(c2cccc(Cl)c2C)[C@@]2(S1)SC(c1ccc(Cl)cc1)(c1ccc(Cl)cc1)c1ccccc12. The molecule has 2 heterocycles. The number of carbonyl (C=O) groups excluding carboxylic acids is 1. The number of ketones is 1. The van der Waals surface area contributed by atoms with E-state index in [0.29, 0.717) is 20.1 Å². The van der Waals surface area contributed by atoms with Crippen molar-refractivity contribution in [3.05, 3.63) is 134 Å². The molecule has 0 N–H and O–H groups in total. The molecule has 0 unspecified atom stereocenters. The number of nitrogens with zero attached hydrogens (tertiary/aromatic N) is 2. The second-order valence-electron chi connectivity index (χ2n) is 9.18. The summed E-state index contributed by atoms with van der Waals surface area (Å²) in [5, 5.41) is 9.33. The highest BCUT2D eigenvalue weighted by molar-refractivity contribution is 8.27. The normalized spacial score (nSPS) is 19.5. The summed E-state index contributed by atoms with van der Waals surface area (Å²) in [6.45, 7) is 3.54. The summed E-state index contributed by atoms with van der Waals surface area (Å²) in [7, 11) is 0. The minimum atomic E-state index is -0.772. The Bertz CT molecular complexity index is 1560. The van der Waals surface area contributed by atoms with E-state index in [-0.39, 0.29) is 5.78 Å². The highest BCUT2D eigenvalue weighted by Gasteiger charge is 2.61. The molecule has 4 aromatic carbocycles. The van der Waals surface area contributed by atoms with Crippen molar-refractivity contribution in [3.63, 3.8) is 0 Å². The molecule has 2 aliphatic rings. The number of Topliss-reactive ketones (excluding diaryl/α,β-unsaturated/α-hetero) is 1. The molecular formula is C30H21Cl3N2OS2. The van der Waals surface area contributed by atoms with E-state index in [1.165, 1.54) is 11.8 Å². The van der Waals surface area contributed by atoms with Gasteiger partial charge in [0.15, 0.2) is 15.0 Å². The lowest BCUT2D eigenvalue weighted by molar-refractivity contribution is -0.110. The van der Waals surface area contributed by atoms with Crippen molar-refractivity contribution in [2.24, 2.45) is 5.10 Å². The molecule has 4 aromatic rings. The van der Waals surface area contributed by atoms with E-state index >= 15 is 0 Å². The van der Waals surface area contributed by atoms with Gasteiger partial charge in [0.05, 0.1) is 10.4 Å². The Hall–Kier alpha value is -2.41. The molecule has 0 aliphatic carbocycles. The molecule has 6 rings (SSSR count). The Morgan fingerprint density at radius 2 is 1.37 bits per heavy atom. The van der Waals surface area contributed by atoms with E-state index in [9.17, 15) is 4.79 Å². The van der Waals surface area contributed by atoms with Crippen LogP contribution in [0.2, 0.25) is 15.1 Å². The minimum absolute atomic E-state index is 0.0786. The maximum absolute atomic E-state index is 12.8. The number of hydrogen-bond acceptors (Lipinski definition) is 5. The smallest absolute Gasteiger partial charge is 0.187 e. The highest BCUT2D eigenvalue weighted by Crippen LogP contribution is 2.71. The summed E-state index contributed by atoms with van der Waals surface area (Å²) >= 11 is 22.5. The fourth-order valence-corrected chi connectivity index (χ4v) is 9.08. The van der Waals surface area contributed by atoms with Crippen LogP contribution in [0.1, 0.15) is 34.7 Å². The first kappa shape index (κ1) is 25.8. The predicted molar refractivity (Wildman–Crippen MR) is 163 cm³/mol. The Balaban J connectivity index is 1.67. The molecule has 190 valence electrons. The van der Waals surface area contributed by atoms with Crippen LogP contribution in [0, 0.1) is 6.92 Å². The number of benzene rings is 4. The standard InChI is InChI=1S/C30H21Cl3N2OS2/c1-18-26(33)8-5-9-27(18)35-30(37-28(34-35)19(2)36)25-7-4-3-6-24(25)29(38-30,20-10-14-22(31)15-11-20)21-12-16-23(32)17-13-21/h3-17H,1-2H3/t30-/m0/s1. The zero-order valence-electron chi connectivity index (χ0n) is 20.4. The van der Waals surface area contributed by atoms with Gasteiger partial charge in [0.25, 0.3) is 0 Å². The average molecular weight is 596 g/mol. The van der Waals surface area contributed by atoms with Crippen LogP contribution in [-0.2, 0) is 13.7 Å². The van der Waals surface area contributed by atoms with Crippen LogP contribution >= 0.6 is 58.3 Å². The van der Waals surface area contributed by atoms with Crippen LogP contribution < -0.4 is 5.01 Å². The third-order valence-corrected chi connectivity index (χ3v) is 11.2. The van der Waals surface area contributed by atoms with Crippen molar-refractivity contribution in [2.45, 2.75) is 22.8 Å². The van der Waals surface area contributed by atoms with Gasteiger partial charge < -0.3 is 0 Å². The van der Waals surface area contributed by atoms with Gasteiger partial charge in [-0.2, -0.15) is 5.10 Å². The molecule has 3 nitrogen and oxygen atoms in total. The summed E-state index contributed by atoms with van der Waals surface area (Å²) < 4.78 is -1.41. The monoisotopic (exact) mass is 594 g/mol. The third kappa shape index (κ3) is 3.90. The van der Waals surface area contributed by atoms with Crippen LogP contribution in [0.25, 0.3) is 0 Å². The van der Waals surface area contributed by atoms with Gasteiger partial charge in [0.2, 0.25) is 0 Å². The van der Waals surface area contributed by atoms with Crippen molar-refractivity contribution >= 4 is 74.8 Å². The molecule has 0 saturated carbocycles. The van der Waals surface area contributed by atoms with Crippen LogP contribution in [0.3, 0.4) is 0 Å². The molecule has 0 bridgehead atoms. The topological polar surface area (TPSA) is 32.7 Å². The summed E-state index contributed by atoms with van der Waals surface area (Å²) in [6, 6.07) is 30.1. The van der Waals surface area contributed by atoms with Gasteiger partial charge in [-0.3, -0.25) is 4.79 Å². The van der Waals surface area contributed by atoms with Gasteiger partial charge in [-0.1, -0.05) is 113 Å². The van der Waals surface area contributed by atoms with Gasteiger partial charge in [-0.15, -0.1) is 0 Å². The van der Waals surface area contributed by atoms with E-state index in [2.05, 4.69) is 42.5 Å². The molecule has 0 aromatic heterocycles. The van der Waals surface area contributed by atoms with Crippen molar-refractivity contribution < 1.29 is 4.79 Å². The van der Waals surface area contributed by atoms with E-state index in [1.807, 2.05) is 60.5 Å². The first-order valence-electron chi connectivity index (χ1n) is 11.9. The molecule has 0 radical (unpaired) electrons. The summed E-state index contributed by atoms with van der Waals surface area (Å²) in [5.74, 6) is -0.0786. The maximum atomic E-state index is 12.8. The third-order valence-electron chi connectivity index (χ3n) is 6.91. The first-order valence-corrected chi connectivity index (χ1v) is 14.7. The number of carbonyl (C=O) groups is 1. The zero-order valence-corrected chi connectivity index (χ0v) is 24.3. The number of fused-ring (bicyclic) bond motifs is 2. The van der Waals surface area contributed by atoms with Crippen LogP contribution in [0.4, 0.5) is 5.69 Å². The minimum Gasteiger partial charge on any atom is -0.292 e. The first-order chi connectivity index (χ1) is 18.3. The zero-order chi connectivity index (χ0) is 26.7. The fraction of sp³-hybridized carbons (Fsp3) is 0.133. The van der Waals surface area contributed by atoms with Crippen LogP contribution in [-0.4, -0.2) is 10.8 Å². The van der Waals surface area contributed by atoms with E-state index < -0.39 is 8.95 Å². The number of anilines is 1. The molecular weight excluding hydrogens is 575 g/mol.